The molecule has 0 unspecified atom stereocenters. The van der Waals surface area contributed by atoms with Gasteiger partial charge in [0.2, 0.25) is 5.95 Å². The first kappa shape index (κ1) is 15.1. The van der Waals surface area contributed by atoms with Crippen molar-refractivity contribution in [2.75, 3.05) is 17.7 Å². The monoisotopic (exact) mass is 308 g/mol. The van der Waals surface area contributed by atoms with Crippen LogP contribution >= 0.6 is 0 Å². The van der Waals surface area contributed by atoms with Crippen LogP contribution in [0.3, 0.4) is 0 Å². The minimum absolute atomic E-state index is 0.294. The Morgan fingerprint density at radius 3 is 2.39 bits per heavy atom. The standard InChI is InChI=1S/C18H20N4O/c1-12(2)19-17-15-6-4-5-7-16(15)21-18(22-17)20-13-8-10-14(23-3)11-9-13/h4-12H,1-3H3,(H2,19,20,21,22). The molecule has 5 nitrogen and oxygen atoms in total. The Hall–Kier alpha value is -2.82. The van der Waals surface area contributed by atoms with Crippen LogP contribution in [0.2, 0.25) is 0 Å². The van der Waals surface area contributed by atoms with E-state index in [1.165, 1.54) is 0 Å². The van der Waals surface area contributed by atoms with Crippen LogP contribution in [0.5, 0.6) is 5.75 Å². The first-order valence-electron chi connectivity index (χ1n) is 7.60. The maximum absolute atomic E-state index is 5.17. The Labute approximate surface area is 135 Å². The molecule has 5 heteroatoms. The number of para-hydroxylation sites is 1. The molecule has 0 spiro atoms. The molecular weight excluding hydrogens is 288 g/mol. The number of anilines is 3. The first-order chi connectivity index (χ1) is 11.2. The van der Waals surface area contributed by atoms with Crippen molar-refractivity contribution in [2.45, 2.75) is 19.9 Å². The fourth-order valence-electron chi connectivity index (χ4n) is 2.32. The largest absolute Gasteiger partial charge is 0.497 e. The topological polar surface area (TPSA) is 59.1 Å². The third-order valence-corrected chi connectivity index (χ3v) is 3.37. The summed E-state index contributed by atoms with van der Waals surface area (Å²) in [5.41, 5.74) is 1.82. The number of fused-ring (bicyclic) bond motifs is 1. The number of rotatable bonds is 5. The molecule has 0 aliphatic carbocycles. The molecule has 0 aliphatic heterocycles. The van der Waals surface area contributed by atoms with Crippen molar-refractivity contribution in [2.24, 2.45) is 0 Å². The second kappa shape index (κ2) is 6.52. The van der Waals surface area contributed by atoms with Crippen LogP contribution < -0.4 is 15.4 Å². The Balaban J connectivity index is 1.96. The number of methoxy groups -OCH3 is 1. The van der Waals surface area contributed by atoms with E-state index in [1.807, 2.05) is 48.5 Å². The Morgan fingerprint density at radius 2 is 1.70 bits per heavy atom. The Morgan fingerprint density at radius 1 is 0.957 bits per heavy atom. The maximum Gasteiger partial charge on any atom is 0.229 e. The molecule has 0 atom stereocenters. The minimum atomic E-state index is 0.294. The third-order valence-electron chi connectivity index (χ3n) is 3.37. The van der Waals surface area contributed by atoms with Gasteiger partial charge in [0.1, 0.15) is 11.6 Å². The summed E-state index contributed by atoms with van der Waals surface area (Å²) < 4.78 is 5.17. The number of hydrogen-bond acceptors (Lipinski definition) is 5. The molecule has 0 fully saturated rings. The summed E-state index contributed by atoms with van der Waals surface area (Å²) in [6.45, 7) is 4.18. The highest BCUT2D eigenvalue weighted by Crippen LogP contribution is 2.24. The molecule has 23 heavy (non-hydrogen) atoms. The lowest BCUT2D eigenvalue weighted by molar-refractivity contribution is 0.415. The smallest absolute Gasteiger partial charge is 0.229 e. The van der Waals surface area contributed by atoms with Gasteiger partial charge in [-0.3, -0.25) is 0 Å². The van der Waals surface area contributed by atoms with E-state index in [2.05, 4.69) is 34.4 Å². The molecule has 2 aromatic carbocycles. The molecule has 1 heterocycles. The van der Waals surface area contributed by atoms with Crippen LogP contribution in [0.15, 0.2) is 48.5 Å². The lowest BCUT2D eigenvalue weighted by Gasteiger charge is -2.14. The van der Waals surface area contributed by atoms with Gasteiger partial charge in [0.05, 0.1) is 12.6 Å². The van der Waals surface area contributed by atoms with Crippen LogP contribution in [0, 0.1) is 0 Å². The van der Waals surface area contributed by atoms with E-state index in [1.54, 1.807) is 7.11 Å². The Bertz CT molecular complexity index is 800. The second-order valence-corrected chi connectivity index (χ2v) is 5.57. The van der Waals surface area contributed by atoms with Gasteiger partial charge in [-0.25, -0.2) is 4.98 Å². The van der Waals surface area contributed by atoms with Crippen molar-refractivity contribution in [1.29, 1.82) is 0 Å². The fraction of sp³-hybridized carbons (Fsp3) is 0.222. The number of nitrogens with zero attached hydrogens (tertiary/aromatic N) is 2. The Kier molecular flexibility index (Phi) is 4.28. The van der Waals surface area contributed by atoms with E-state index in [0.717, 1.165) is 28.2 Å². The van der Waals surface area contributed by atoms with E-state index in [4.69, 9.17) is 4.74 Å². The van der Waals surface area contributed by atoms with Crippen molar-refractivity contribution in [3.05, 3.63) is 48.5 Å². The molecule has 0 bridgehead atoms. The molecule has 1 aromatic heterocycles. The van der Waals surface area contributed by atoms with Crippen LogP contribution in [-0.4, -0.2) is 23.1 Å². The highest BCUT2D eigenvalue weighted by Gasteiger charge is 2.08. The lowest BCUT2D eigenvalue weighted by Crippen LogP contribution is -2.12. The van der Waals surface area contributed by atoms with Crippen molar-refractivity contribution in [1.82, 2.24) is 9.97 Å². The normalized spacial score (nSPS) is 10.8. The van der Waals surface area contributed by atoms with Crippen molar-refractivity contribution in [3.63, 3.8) is 0 Å². The summed E-state index contributed by atoms with van der Waals surface area (Å²) in [7, 11) is 1.65. The van der Waals surface area contributed by atoms with Gasteiger partial charge in [0, 0.05) is 17.1 Å². The summed E-state index contributed by atoms with van der Waals surface area (Å²) in [5.74, 6) is 2.22. The molecular formula is C18H20N4O. The van der Waals surface area contributed by atoms with Crippen LogP contribution in [0.25, 0.3) is 10.9 Å². The summed E-state index contributed by atoms with van der Waals surface area (Å²) >= 11 is 0. The lowest BCUT2D eigenvalue weighted by atomic mass is 10.2. The van der Waals surface area contributed by atoms with Gasteiger partial charge in [0.15, 0.2) is 0 Å². The number of hydrogen-bond donors (Lipinski definition) is 2. The van der Waals surface area contributed by atoms with Gasteiger partial charge in [0.25, 0.3) is 0 Å². The number of nitrogens with one attached hydrogen (secondary N) is 2. The van der Waals surface area contributed by atoms with Crippen molar-refractivity contribution in [3.8, 4) is 5.75 Å². The van der Waals surface area contributed by atoms with Gasteiger partial charge in [-0.1, -0.05) is 12.1 Å². The number of aromatic nitrogens is 2. The highest BCUT2D eigenvalue weighted by molar-refractivity contribution is 5.90. The zero-order chi connectivity index (χ0) is 16.2. The quantitative estimate of drug-likeness (QED) is 0.739. The van der Waals surface area contributed by atoms with E-state index >= 15 is 0 Å². The van der Waals surface area contributed by atoms with Crippen LogP contribution in [-0.2, 0) is 0 Å². The van der Waals surface area contributed by atoms with Crippen LogP contribution in [0.4, 0.5) is 17.5 Å². The second-order valence-electron chi connectivity index (χ2n) is 5.57. The maximum atomic E-state index is 5.17. The van der Waals surface area contributed by atoms with Crippen molar-refractivity contribution >= 4 is 28.4 Å². The zero-order valence-electron chi connectivity index (χ0n) is 13.5. The molecule has 118 valence electrons. The van der Waals surface area contributed by atoms with Gasteiger partial charge < -0.3 is 15.4 Å². The SMILES string of the molecule is COc1ccc(Nc2nc(NC(C)C)c3ccccc3n2)cc1. The van der Waals surface area contributed by atoms with Gasteiger partial charge in [-0.15, -0.1) is 0 Å². The molecule has 0 saturated carbocycles. The molecule has 3 rings (SSSR count). The van der Waals surface area contributed by atoms with Crippen LogP contribution in [0.1, 0.15) is 13.8 Å². The van der Waals surface area contributed by atoms with Gasteiger partial charge in [-0.05, 0) is 50.2 Å². The summed E-state index contributed by atoms with van der Waals surface area (Å²) in [5, 5.41) is 7.64. The van der Waals surface area contributed by atoms with E-state index < -0.39 is 0 Å². The molecule has 0 amide bonds. The van der Waals surface area contributed by atoms with Crippen molar-refractivity contribution < 1.29 is 4.74 Å². The zero-order valence-corrected chi connectivity index (χ0v) is 13.5. The van der Waals surface area contributed by atoms with E-state index in [9.17, 15) is 0 Å². The van der Waals surface area contributed by atoms with Gasteiger partial charge >= 0.3 is 0 Å². The summed E-state index contributed by atoms with van der Waals surface area (Å²) in [4.78, 5) is 9.20. The van der Waals surface area contributed by atoms with E-state index in [-0.39, 0.29) is 0 Å². The predicted molar refractivity (Wildman–Crippen MR) is 94.6 cm³/mol. The predicted octanol–water partition coefficient (Wildman–Crippen LogP) is 4.20. The molecule has 2 N–H and O–H groups in total. The molecule has 0 radical (unpaired) electrons. The fourth-order valence-corrected chi connectivity index (χ4v) is 2.32. The van der Waals surface area contributed by atoms with Gasteiger partial charge in [-0.2, -0.15) is 4.98 Å². The van der Waals surface area contributed by atoms with E-state index in [0.29, 0.717) is 12.0 Å². The molecule has 3 aromatic rings. The summed E-state index contributed by atoms with van der Waals surface area (Å²) in [6.07, 6.45) is 0. The average molecular weight is 308 g/mol. The average Bonchev–Trinajstić information content (AvgIpc) is 2.55. The summed E-state index contributed by atoms with van der Waals surface area (Å²) in [6, 6.07) is 16.0. The first-order valence-corrected chi connectivity index (χ1v) is 7.60. The minimum Gasteiger partial charge on any atom is -0.497 e. The molecule has 0 aliphatic rings. The highest BCUT2D eigenvalue weighted by atomic mass is 16.5. The molecule has 0 saturated heterocycles. The number of ether oxygens (including phenoxy) is 1. The third kappa shape index (κ3) is 3.51. The number of benzene rings is 2.